The van der Waals surface area contributed by atoms with Gasteiger partial charge in [0.2, 0.25) is 0 Å². The fourth-order valence-corrected chi connectivity index (χ4v) is 2.42. The molecule has 8 heteroatoms. The maximum atomic E-state index is 12.2. The number of nitrogens with one attached hydrogen (secondary N) is 1. The number of methoxy groups -OCH3 is 1. The number of aromatic nitrogens is 2. The number of carboxylic acids is 1. The van der Waals surface area contributed by atoms with Gasteiger partial charge in [-0.15, -0.1) is 0 Å². The highest BCUT2D eigenvalue weighted by Gasteiger charge is 2.39. The monoisotopic (exact) mass is 296 g/mol. The van der Waals surface area contributed by atoms with Gasteiger partial charge in [0.1, 0.15) is 6.04 Å². The summed E-state index contributed by atoms with van der Waals surface area (Å²) in [5.74, 6) is -1.01. The molecule has 0 spiro atoms. The molecule has 21 heavy (non-hydrogen) atoms. The van der Waals surface area contributed by atoms with Crippen LogP contribution in [0, 0.1) is 6.92 Å². The molecule has 1 fully saturated rings. The number of carbonyl (C=O) groups is 2. The fourth-order valence-electron chi connectivity index (χ4n) is 2.42. The molecule has 2 N–H and O–H groups in total. The maximum Gasteiger partial charge on any atom is 0.326 e. The Morgan fingerprint density at radius 3 is 2.81 bits per heavy atom. The molecule has 1 aliphatic rings. The third kappa shape index (κ3) is 3.15. The SMILES string of the molecule is COC1CC(C(=O)O)N(C(=O)NCc2cnn(C)c2C)C1. The average Bonchev–Trinajstić information content (AvgIpc) is 3.02. The van der Waals surface area contributed by atoms with E-state index in [1.165, 1.54) is 12.0 Å². The number of aliphatic carboxylic acids is 1. The van der Waals surface area contributed by atoms with Gasteiger partial charge in [-0.2, -0.15) is 5.10 Å². The van der Waals surface area contributed by atoms with Gasteiger partial charge in [-0.25, -0.2) is 9.59 Å². The molecule has 2 amide bonds. The van der Waals surface area contributed by atoms with Gasteiger partial charge in [0.25, 0.3) is 0 Å². The summed E-state index contributed by atoms with van der Waals surface area (Å²) < 4.78 is 6.88. The second kappa shape index (κ2) is 6.13. The average molecular weight is 296 g/mol. The molecule has 2 atom stereocenters. The first-order valence-electron chi connectivity index (χ1n) is 6.71. The van der Waals surface area contributed by atoms with Crippen molar-refractivity contribution in [3.8, 4) is 0 Å². The van der Waals surface area contributed by atoms with Crippen molar-refractivity contribution in [1.29, 1.82) is 0 Å². The van der Waals surface area contributed by atoms with Crippen molar-refractivity contribution in [2.45, 2.75) is 32.0 Å². The maximum absolute atomic E-state index is 12.2. The zero-order chi connectivity index (χ0) is 15.6. The Balaban J connectivity index is 1.99. The quantitative estimate of drug-likeness (QED) is 0.822. The highest BCUT2D eigenvalue weighted by atomic mass is 16.5. The molecule has 1 aliphatic heterocycles. The number of nitrogens with zero attached hydrogens (tertiary/aromatic N) is 3. The van der Waals surface area contributed by atoms with Crippen molar-refractivity contribution in [2.24, 2.45) is 7.05 Å². The van der Waals surface area contributed by atoms with E-state index in [1.807, 2.05) is 14.0 Å². The van der Waals surface area contributed by atoms with Crippen LogP contribution in [0.2, 0.25) is 0 Å². The van der Waals surface area contributed by atoms with E-state index in [4.69, 9.17) is 4.74 Å². The van der Waals surface area contributed by atoms with Crippen LogP contribution in [0.25, 0.3) is 0 Å². The fraction of sp³-hybridized carbons (Fsp3) is 0.615. The summed E-state index contributed by atoms with van der Waals surface area (Å²) in [4.78, 5) is 24.7. The minimum Gasteiger partial charge on any atom is -0.480 e. The number of rotatable bonds is 4. The minimum absolute atomic E-state index is 0.239. The van der Waals surface area contributed by atoms with Gasteiger partial charge in [0, 0.05) is 44.9 Å². The van der Waals surface area contributed by atoms with Crippen LogP contribution in [0.4, 0.5) is 4.79 Å². The summed E-state index contributed by atoms with van der Waals surface area (Å²) in [6, 6.07) is -1.24. The van der Waals surface area contributed by atoms with Crippen molar-refractivity contribution >= 4 is 12.0 Å². The van der Waals surface area contributed by atoms with Gasteiger partial charge < -0.3 is 20.1 Å². The van der Waals surface area contributed by atoms with Crippen LogP contribution < -0.4 is 5.32 Å². The molecule has 1 aromatic rings. The number of urea groups is 1. The smallest absolute Gasteiger partial charge is 0.326 e. The predicted molar refractivity (Wildman–Crippen MR) is 73.7 cm³/mol. The van der Waals surface area contributed by atoms with Crippen molar-refractivity contribution < 1.29 is 19.4 Å². The number of carboxylic acid groups (broad SMARTS) is 1. The van der Waals surface area contributed by atoms with Crippen LogP contribution in [0.5, 0.6) is 0 Å². The number of hydrogen-bond acceptors (Lipinski definition) is 4. The third-order valence-corrected chi connectivity index (χ3v) is 3.91. The van der Waals surface area contributed by atoms with E-state index in [2.05, 4.69) is 10.4 Å². The lowest BCUT2D eigenvalue weighted by molar-refractivity contribution is -0.141. The Hall–Kier alpha value is -2.09. The summed E-state index contributed by atoms with van der Waals surface area (Å²) in [5, 5.41) is 16.0. The molecule has 2 unspecified atom stereocenters. The molecule has 0 saturated carbocycles. The molecule has 0 aliphatic carbocycles. The second-order valence-electron chi connectivity index (χ2n) is 5.14. The lowest BCUT2D eigenvalue weighted by Crippen LogP contribution is -2.46. The van der Waals surface area contributed by atoms with Gasteiger partial charge >= 0.3 is 12.0 Å². The predicted octanol–water partition coefficient (Wildman–Crippen LogP) is 0.112. The Bertz CT molecular complexity index is 542. The molecule has 1 aromatic heterocycles. The molecule has 116 valence electrons. The summed E-state index contributed by atoms with van der Waals surface area (Å²) in [5.41, 5.74) is 1.86. The number of amides is 2. The summed E-state index contributed by atoms with van der Waals surface area (Å²) in [6.07, 6.45) is 1.76. The number of aryl methyl sites for hydroxylation is 1. The zero-order valence-corrected chi connectivity index (χ0v) is 12.4. The van der Waals surface area contributed by atoms with Gasteiger partial charge in [0.05, 0.1) is 12.3 Å². The molecule has 1 saturated heterocycles. The minimum atomic E-state index is -1.01. The highest BCUT2D eigenvalue weighted by Crippen LogP contribution is 2.20. The molecule has 8 nitrogen and oxygen atoms in total. The summed E-state index contributed by atoms with van der Waals surface area (Å²) >= 11 is 0. The molecular formula is C13H20N4O4. The first-order valence-corrected chi connectivity index (χ1v) is 6.71. The number of likely N-dealkylation sites (tertiary alicyclic amines) is 1. The van der Waals surface area contributed by atoms with Crippen LogP contribution in [-0.2, 0) is 23.1 Å². The third-order valence-electron chi connectivity index (χ3n) is 3.91. The lowest BCUT2D eigenvalue weighted by atomic mass is 10.2. The molecule has 2 heterocycles. The van der Waals surface area contributed by atoms with Gasteiger partial charge in [-0.3, -0.25) is 4.68 Å². The summed E-state index contributed by atoms with van der Waals surface area (Å²) in [7, 11) is 3.34. The van der Waals surface area contributed by atoms with Crippen LogP contribution in [0.3, 0.4) is 0 Å². The number of hydrogen-bond donors (Lipinski definition) is 2. The topological polar surface area (TPSA) is 96.7 Å². The van der Waals surface area contributed by atoms with Crippen molar-refractivity contribution in [3.05, 3.63) is 17.5 Å². The Labute approximate surface area is 122 Å². The van der Waals surface area contributed by atoms with E-state index in [1.54, 1.807) is 10.9 Å². The van der Waals surface area contributed by atoms with E-state index in [0.29, 0.717) is 13.0 Å². The highest BCUT2D eigenvalue weighted by molar-refractivity contribution is 5.83. The van der Waals surface area contributed by atoms with Gasteiger partial charge in [0.15, 0.2) is 0 Å². The van der Waals surface area contributed by atoms with E-state index in [-0.39, 0.29) is 12.6 Å². The Kier molecular flexibility index (Phi) is 4.46. The second-order valence-corrected chi connectivity index (χ2v) is 5.14. The Morgan fingerprint density at radius 1 is 1.57 bits per heavy atom. The standard InChI is InChI=1S/C13H20N4O4/c1-8-9(6-15-16(8)2)5-14-13(20)17-7-10(21-3)4-11(17)12(18)19/h6,10-11H,4-5,7H2,1-3H3,(H,14,20)(H,18,19). The van der Waals surface area contributed by atoms with E-state index in [9.17, 15) is 14.7 Å². The van der Waals surface area contributed by atoms with Crippen LogP contribution >= 0.6 is 0 Å². The van der Waals surface area contributed by atoms with E-state index < -0.39 is 18.0 Å². The number of carbonyl (C=O) groups excluding carboxylic acids is 1. The zero-order valence-electron chi connectivity index (χ0n) is 12.4. The molecule has 2 rings (SSSR count). The first-order chi connectivity index (χ1) is 9.93. The molecular weight excluding hydrogens is 276 g/mol. The van der Waals surface area contributed by atoms with Gasteiger partial charge in [-0.05, 0) is 6.92 Å². The largest absolute Gasteiger partial charge is 0.480 e. The van der Waals surface area contributed by atoms with Crippen molar-refractivity contribution in [3.63, 3.8) is 0 Å². The first kappa shape index (κ1) is 15.3. The van der Waals surface area contributed by atoms with Crippen LogP contribution in [-0.4, -0.2) is 57.6 Å². The Morgan fingerprint density at radius 2 is 2.29 bits per heavy atom. The number of ether oxygens (including phenoxy) is 1. The normalized spacial score (nSPS) is 21.6. The van der Waals surface area contributed by atoms with Crippen LogP contribution in [0.1, 0.15) is 17.7 Å². The molecule has 0 bridgehead atoms. The van der Waals surface area contributed by atoms with Crippen LogP contribution in [0.15, 0.2) is 6.20 Å². The van der Waals surface area contributed by atoms with Crippen molar-refractivity contribution in [1.82, 2.24) is 20.0 Å². The lowest BCUT2D eigenvalue weighted by Gasteiger charge is -2.21. The van der Waals surface area contributed by atoms with E-state index >= 15 is 0 Å². The molecule has 0 radical (unpaired) electrons. The van der Waals surface area contributed by atoms with Gasteiger partial charge in [-0.1, -0.05) is 0 Å². The molecule has 0 aromatic carbocycles. The summed E-state index contributed by atoms with van der Waals surface area (Å²) in [6.45, 7) is 2.51. The van der Waals surface area contributed by atoms with Crippen molar-refractivity contribution in [2.75, 3.05) is 13.7 Å². The van der Waals surface area contributed by atoms with E-state index in [0.717, 1.165) is 11.3 Å².